The first-order valence-electron chi connectivity index (χ1n) is 8.29. The average molecular weight is 406 g/mol. The van der Waals surface area contributed by atoms with Crippen LogP contribution in [0.15, 0.2) is 0 Å². The van der Waals surface area contributed by atoms with E-state index in [-0.39, 0.29) is 0 Å². The van der Waals surface area contributed by atoms with Crippen LogP contribution < -0.4 is 0 Å². The molecule has 0 saturated carbocycles. The molecule has 0 spiro atoms. The monoisotopic (exact) mass is 406 g/mol. The molecule has 0 rings (SSSR count). The molecule has 0 aliphatic rings. The van der Waals surface area contributed by atoms with Gasteiger partial charge in [0.05, 0.1) is 0 Å². The molecule has 0 aromatic rings. The van der Waals surface area contributed by atoms with Gasteiger partial charge in [0.15, 0.2) is 18.3 Å². The summed E-state index contributed by atoms with van der Waals surface area (Å²) >= 11 is 0. The van der Waals surface area contributed by atoms with Gasteiger partial charge in [0.25, 0.3) is 0 Å². The highest BCUT2D eigenvalue weighted by atomic mass is 16.6. The minimum Gasteiger partial charge on any atom is -0.462 e. The fourth-order valence-corrected chi connectivity index (χ4v) is 2.26. The molecular weight excluding hydrogens is 380 g/mol. The maximum atomic E-state index is 11.6. The topological polar surface area (TPSA) is 141 Å². The van der Waals surface area contributed by atoms with Crippen LogP contribution in [0.3, 0.4) is 0 Å². The average Bonchev–Trinajstić information content (AvgIpc) is 2.54. The van der Waals surface area contributed by atoms with Crippen LogP contribution >= 0.6 is 0 Å². The van der Waals surface area contributed by atoms with E-state index in [1.165, 1.54) is 7.11 Å². The molecular formula is C17H26O11. The molecule has 0 aromatic heterocycles. The molecule has 160 valence electrons. The summed E-state index contributed by atoms with van der Waals surface area (Å²) in [5.41, 5.74) is 0. The summed E-state index contributed by atoms with van der Waals surface area (Å²) in [5, 5.41) is 0. The van der Waals surface area contributed by atoms with Crippen LogP contribution in [-0.2, 0) is 52.4 Å². The van der Waals surface area contributed by atoms with E-state index in [0.29, 0.717) is 0 Å². The highest BCUT2D eigenvalue weighted by Crippen LogP contribution is 2.19. The Bertz CT molecular complexity index is 571. The second-order valence-corrected chi connectivity index (χ2v) is 5.68. The van der Waals surface area contributed by atoms with Crippen molar-refractivity contribution in [3.05, 3.63) is 0 Å². The summed E-state index contributed by atoms with van der Waals surface area (Å²) in [6, 6.07) is 0. The SMILES string of the molecule is CO[C@@H]([C@H](OC(C)=O)[C@@H](COC(C)=O)OC(C)=O)[C@H](COC(C)=O)OC(C)=O. The summed E-state index contributed by atoms with van der Waals surface area (Å²) in [6.07, 6.45) is -5.03. The van der Waals surface area contributed by atoms with Gasteiger partial charge in [0.2, 0.25) is 0 Å². The zero-order valence-corrected chi connectivity index (χ0v) is 16.7. The molecule has 0 unspecified atom stereocenters. The first-order valence-corrected chi connectivity index (χ1v) is 8.29. The smallest absolute Gasteiger partial charge is 0.303 e. The Morgan fingerprint density at radius 3 is 1.21 bits per heavy atom. The lowest BCUT2D eigenvalue weighted by molar-refractivity contribution is -0.201. The first-order chi connectivity index (χ1) is 13.0. The summed E-state index contributed by atoms with van der Waals surface area (Å²) in [4.78, 5) is 56.8. The van der Waals surface area contributed by atoms with Gasteiger partial charge in [-0.2, -0.15) is 0 Å². The normalized spacial score (nSPS) is 14.6. The van der Waals surface area contributed by atoms with Gasteiger partial charge in [-0.25, -0.2) is 0 Å². The van der Waals surface area contributed by atoms with Gasteiger partial charge in [-0.15, -0.1) is 0 Å². The molecule has 0 radical (unpaired) electrons. The maximum Gasteiger partial charge on any atom is 0.303 e. The Hall–Kier alpha value is -2.69. The van der Waals surface area contributed by atoms with E-state index in [1.54, 1.807) is 0 Å². The third kappa shape index (κ3) is 10.5. The van der Waals surface area contributed by atoms with E-state index in [9.17, 15) is 24.0 Å². The van der Waals surface area contributed by atoms with E-state index in [1.807, 2.05) is 0 Å². The second kappa shape index (κ2) is 12.7. The van der Waals surface area contributed by atoms with E-state index < -0.39 is 67.5 Å². The van der Waals surface area contributed by atoms with Gasteiger partial charge in [0.1, 0.15) is 19.3 Å². The van der Waals surface area contributed by atoms with Crippen molar-refractivity contribution in [1.29, 1.82) is 0 Å². The van der Waals surface area contributed by atoms with Crippen molar-refractivity contribution in [3.63, 3.8) is 0 Å². The van der Waals surface area contributed by atoms with Crippen molar-refractivity contribution in [2.75, 3.05) is 20.3 Å². The van der Waals surface area contributed by atoms with Crippen LogP contribution in [-0.4, -0.2) is 74.6 Å². The van der Waals surface area contributed by atoms with Crippen molar-refractivity contribution in [3.8, 4) is 0 Å². The zero-order chi connectivity index (χ0) is 21.9. The number of methoxy groups -OCH3 is 1. The van der Waals surface area contributed by atoms with Crippen molar-refractivity contribution in [1.82, 2.24) is 0 Å². The lowest BCUT2D eigenvalue weighted by atomic mass is 10.0. The first kappa shape index (κ1) is 25.3. The molecule has 11 heteroatoms. The minimum absolute atomic E-state index is 0.411. The van der Waals surface area contributed by atoms with Crippen LogP contribution in [0.4, 0.5) is 0 Å². The number of ether oxygens (including phenoxy) is 6. The molecule has 0 amide bonds. The minimum atomic E-state index is -1.34. The van der Waals surface area contributed by atoms with Crippen LogP contribution in [0.1, 0.15) is 34.6 Å². The molecule has 0 heterocycles. The lowest BCUT2D eigenvalue weighted by Crippen LogP contribution is -2.53. The summed E-state index contributed by atoms with van der Waals surface area (Å²) in [6.45, 7) is 4.76. The van der Waals surface area contributed by atoms with Gasteiger partial charge in [-0.3, -0.25) is 24.0 Å². The Balaban J connectivity index is 5.86. The van der Waals surface area contributed by atoms with Crippen molar-refractivity contribution >= 4 is 29.8 Å². The highest BCUT2D eigenvalue weighted by molar-refractivity contribution is 5.68. The van der Waals surface area contributed by atoms with E-state index >= 15 is 0 Å². The Morgan fingerprint density at radius 1 is 0.571 bits per heavy atom. The predicted octanol–water partition coefficient (Wildman–Crippen LogP) is -0.0773. The molecule has 0 N–H and O–H groups in total. The van der Waals surface area contributed by atoms with Crippen LogP contribution in [0.5, 0.6) is 0 Å². The molecule has 11 nitrogen and oxygen atoms in total. The Kier molecular flexibility index (Phi) is 11.4. The van der Waals surface area contributed by atoms with Gasteiger partial charge >= 0.3 is 29.8 Å². The van der Waals surface area contributed by atoms with E-state index in [4.69, 9.17) is 28.4 Å². The number of carbonyl (C=O) groups excluding carboxylic acids is 5. The second-order valence-electron chi connectivity index (χ2n) is 5.68. The van der Waals surface area contributed by atoms with Crippen molar-refractivity contribution in [2.45, 2.75) is 59.0 Å². The number of esters is 5. The maximum absolute atomic E-state index is 11.6. The predicted molar refractivity (Wildman–Crippen MR) is 90.7 cm³/mol. The highest BCUT2D eigenvalue weighted by Gasteiger charge is 2.42. The number of carbonyl (C=O) groups is 5. The van der Waals surface area contributed by atoms with Crippen LogP contribution in [0.25, 0.3) is 0 Å². The van der Waals surface area contributed by atoms with Crippen molar-refractivity contribution < 1.29 is 52.4 Å². The fraction of sp³-hybridized carbons (Fsp3) is 0.706. The van der Waals surface area contributed by atoms with Crippen LogP contribution in [0, 0.1) is 0 Å². The number of hydrogen-bond acceptors (Lipinski definition) is 11. The van der Waals surface area contributed by atoms with Gasteiger partial charge in [-0.1, -0.05) is 0 Å². The molecule has 28 heavy (non-hydrogen) atoms. The fourth-order valence-electron chi connectivity index (χ4n) is 2.26. The van der Waals surface area contributed by atoms with Crippen LogP contribution in [0.2, 0.25) is 0 Å². The summed E-state index contributed by atoms with van der Waals surface area (Å²) in [5.74, 6) is -3.53. The van der Waals surface area contributed by atoms with Gasteiger partial charge in [-0.05, 0) is 0 Å². The Morgan fingerprint density at radius 2 is 0.929 bits per heavy atom. The molecule has 0 saturated heterocycles. The molecule has 0 aliphatic heterocycles. The quantitative estimate of drug-likeness (QED) is 0.336. The number of rotatable bonds is 11. The standard InChI is InChI=1S/C17H26O11/c1-9(18)24-7-14(26-11(3)20)16(23-6)17(28-13(5)22)15(27-12(4)21)8-25-10(2)19/h14-17H,7-8H2,1-6H3/t14-,15+,16+,17+/m0/s1. The van der Waals surface area contributed by atoms with Crippen molar-refractivity contribution in [2.24, 2.45) is 0 Å². The number of hydrogen-bond donors (Lipinski definition) is 0. The van der Waals surface area contributed by atoms with E-state index in [2.05, 4.69) is 0 Å². The largest absolute Gasteiger partial charge is 0.462 e. The third-order valence-corrected chi connectivity index (χ3v) is 3.17. The van der Waals surface area contributed by atoms with Gasteiger partial charge in [0, 0.05) is 41.7 Å². The zero-order valence-electron chi connectivity index (χ0n) is 16.7. The summed E-state index contributed by atoms with van der Waals surface area (Å²) in [7, 11) is 1.22. The molecule has 0 aromatic carbocycles. The van der Waals surface area contributed by atoms with E-state index in [0.717, 1.165) is 34.6 Å². The molecule has 4 atom stereocenters. The summed E-state index contributed by atoms with van der Waals surface area (Å²) < 4.78 is 30.5. The third-order valence-electron chi connectivity index (χ3n) is 3.17. The molecule has 0 bridgehead atoms. The van der Waals surface area contributed by atoms with Gasteiger partial charge < -0.3 is 28.4 Å². The lowest BCUT2D eigenvalue weighted by Gasteiger charge is -2.34. The Labute approximate surface area is 162 Å². The molecule has 0 fully saturated rings. The molecule has 0 aliphatic carbocycles.